The van der Waals surface area contributed by atoms with Crippen LogP contribution < -0.4 is 10.6 Å². The lowest BCUT2D eigenvalue weighted by molar-refractivity contribution is -0.128. The Balaban J connectivity index is 1.98. The van der Waals surface area contributed by atoms with Gasteiger partial charge in [-0.15, -0.1) is 0 Å². The molecule has 22 heavy (non-hydrogen) atoms. The molecule has 1 atom stereocenters. The van der Waals surface area contributed by atoms with Crippen LogP contribution in [-0.2, 0) is 9.53 Å². The van der Waals surface area contributed by atoms with E-state index in [0.717, 1.165) is 5.39 Å². The Bertz CT molecular complexity index is 674. The summed E-state index contributed by atoms with van der Waals surface area (Å²) in [5, 5.41) is 5.23. The molecule has 0 saturated heterocycles. The lowest BCUT2D eigenvalue weighted by Crippen LogP contribution is -2.44. The second-order valence-electron chi connectivity index (χ2n) is 4.54. The van der Waals surface area contributed by atoms with Crippen LogP contribution in [0.3, 0.4) is 0 Å². The maximum atomic E-state index is 11.9. The van der Waals surface area contributed by atoms with Crippen molar-refractivity contribution in [1.82, 2.24) is 10.6 Å². The molecular formula is C15H16N2O5. The van der Waals surface area contributed by atoms with Gasteiger partial charge in [0.2, 0.25) is 5.76 Å². The first-order chi connectivity index (χ1) is 10.5. The third kappa shape index (κ3) is 3.63. The summed E-state index contributed by atoms with van der Waals surface area (Å²) in [5.41, 5.74) is 0.550. The molecule has 2 N–H and O–H groups in total. The minimum atomic E-state index is -1.12. The Labute approximate surface area is 126 Å². The second kappa shape index (κ2) is 6.75. The van der Waals surface area contributed by atoms with Crippen LogP contribution in [0.25, 0.3) is 11.0 Å². The highest BCUT2D eigenvalue weighted by Gasteiger charge is 2.22. The topological polar surface area (TPSA) is 97.6 Å². The van der Waals surface area contributed by atoms with Crippen LogP contribution in [0.15, 0.2) is 34.7 Å². The quantitative estimate of drug-likeness (QED) is 0.840. The molecule has 0 aliphatic heterocycles. The van der Waals surface area contributed by atoms with Crippen molar-refractivity contribution in [2.45, 2.75) is 20.0 Å². The highest BCUT2D eigenvalue weighted by Crippen LogP contribution is 2.19. The number of fused-ring (bicyclic) bond motifs is 1. The summed E-state index contributed by atoms with van der Waals surface area (Å²) in [5.74, 6) is -1.48. The number of para-hydroxylation sites is 1. The van der Waals surface area contributed by atoms with Crippen molar-refractivity contribution in [1.29, 1.82) is 0 Å². The highest BCUT2D eigenvalue weighted by atomic mass is 16.6. The molecule has 2 aromatic rings. The number of nitrogens with one attached hydrogen (secondary N) is 2. The monoisotopic (exact) mass is 304 g/mol. The number of carbonyl (C=O) groups is 3. The van der Waals surface area contributed by atoms with E-state index >= 15 is 0 Å². The van der Waals surface area contributed by atoms with Gasteiger partial charge in [-0.1, -0.05) is 18.2 Å². The molecule has 0 aliphatic rings. The van der Waals surface area contributed by atoms with Gasteiger partial charge in [-0.3, -0.25) is 10.1 Å². The fourth-order valence-corrected chi connectivity index (χ4v) is 1.77. The summed E-state index contributed by atoms with van der Waals surface area (Å²) in [4.78, 5) is 34.9. The Kier molecular flexibility index (Phi) is 4.77. The number of urea groups is 1. The first kappa shape index (κ1) is 15.6. The van der Waals surface area contributed by atoms with E-state index in [1.165, 1.54) is 13.0 Å². The molecule has 3 amide bonds. The van der Waals surface area contributed by atoms with E-state index in [1.54, 1.807) is 25.1 Å². The zero-order chi connectivity index (χ0) is 16.1. The van der Waals surface area contributed by atoms with Gasteiger partial charge in [-0.05, 0) is 26.0 Å². The Morgan fingerprint density at radius 1 is 1.27 bits per heavy atom. The van der Waals surface area contributed by atoms with Crippen LogP contribution >= 0.6 is 0 Å². The molecule has 0 aliphatic carbocycles. The molecule has 0 bridgehead atoms. The number of amides is 3. The van der Waals surface area contributed by atoms with Crippen molar-refractivity contribution in [2.75, 3.05) is 6.54 Å². The maximum absolute atomic E-state index is 11.9. The molecule has 0 saturated carbocycles. The minimum Gasteiger partial charge on any atom is -0.449 e. The van der Waals surface area contributed by atoms with E-state index in [-0.39, 0.29) is 5.76 Å². The summed E-state index contributed by atoms with van der Waals surface area (Å²) in [6.07, 6.45) is -1.12. The van der Waals surface area contributed by atoms with Crippen LogP contribution in [0.1, 0.15) is 24.4 Å². The first-order valence-corrected chi connectivity index (χ1v) is 6.79. The summed E-state index contributed by atoms with van der Waals surface area (Å²) < 4.78 is 10.3. The number of esters is 1. The molecule has 1 aromatic heterocycles. The molecule has 7 heteroatoms. The van der Waals surface area contributed by atoms with Crippen LogP contribution in [-0.4, -0.2) is 30.6 Å². The molecule has 0 spiro atoms. The van der Waals surface area contributed by atoms with Gasteiger partial charge < -0.3 is 14.5 Å². The minimum absolute atomic E-state index is 0.00106. The van der Waals surface area contributed by atoms with E-state index < -0.39 is 24.0 Å². The number of hydrogen-bond acceptors (Lipinski definition) is 5. The van der Waals surface area contributed by atoms with Crippen molar-refractivity contribution in [3.05, 3.63) is 36.1 Å². The van der Waals surface area contributed by atoms with Crippen molar-refractivity contribution < 1.29 is 23.5 Å². The van der Waals surface area contributed by atoms with Gasteiger partial charge in [-0.25, -0.2) is 9.59 Å². The third-order valence-electron chi connectivity index (χ3n) is 2.85. The highest BCUT2D eigenvalue weighted by molar-refractivity contribution is 5.98. The molecular weight excluding hydrogens is 288 g/mol. The van der Waals surface area contributed by atoms with Crippen molar-refractivity contribution in [3.8, 4) is 0 Å². The summed E-state index contributed by atoms with van der Waals surface area (Å²) in [7, 11) is 0. The molecule has 1 unspecified atom stereocenters. The number of furan rings is 1. The van der Waals surface area contributed by atoms with Gasteiger partial charge in [0.25, 0.3) is 5.91 Å². The molecule has 0 radical (unpaired) electrons. The summed E-state index contributed by atoms with van der Waals surface area (Å²) in [6.45, 7) is 3.47. The van der Waals surface area contributed by atoms with Gasteiger partial charge in [0.15, 0.2) is 6.10 Å². The Morgan fingerprint density at radius 2 is 2.00 bits per heavy atom. The zero-order valence-electron chi connectivity index (χ0n) is 12.2. The normalized spacial score (nSPS) is 11.7. The van der Waals surface area contributed by atoms with Crippen LogP contribution in [0, 0.1) is 0 Å². The van der Waals surface area contributed by atoms with E-state index in [2.05, 4.69) is 10.6 Å². The van der Waals surface area contributed by atoms with E-state index in [1.807, 2.05) is 6.07 Å². The fraction of sp³-hybridized carbons (Fsp3) is 0.267. The van der Waals surface area contributed by atoms with Crippen molar-refractivity contribution in [3.63, 3.8) is 0 Å². The van der Waals surface area contributed by atoms with Gasteiger partial charge >= 0.3 is 12.0 Å². The standard InChI is InChI=1S/C15H16N2O5/c1-3-16-15(20)17-13(18)9(2)21-14(19)12-8-10-6-4-5-7-11(10)22-12/h4-9H,3H2,1-2H3,(H2,16,17,18,20). The second-order valence-corrected chi connectivity index (χ2v) is 4.54. The summed E-state index contributed by atoms with van der Waals surface area (Å²) in [6, 6.07) is 8.00. The van der Waals surface area contributed by atoms with E-state index in [4.69, 9.17) is 9.15 Å². The first-order valence-electron chi connectivity index (χ1n) is 6.79. The zero-order valence-corrected chi connectivity index (χ0v) is 12.2. The largest absolute Gasteiger partial charge is 0.449 e. The number of ether oxygens (including phenoxy) is 1. The Hall–Kier alpha value is -2.83. The molecule has 1 heterocycles. The van der Waals surface area contributed by atoms with Crippen LogP contribution in [0.5, 0.6) is 0 Å². The maximum Gasteiger partial charge on any atom is 0.375 e. The predicted molar refractivity (Wildman–Crippen MR) is 78.3 cm³/mol. The van der Waals surface area contributed by atoms with E-state index in [9.17, 15) is 14.4 Å². The number of benzene rings is 1. The summed E-state index contributed by atoms with van der Waals surface area (Å²) >= 11 is 0. The molecule has 1 aromatic carbocycles. The average Bonchev–Trinajstić information content (AvgIpc) is 2.91. The Morgan fingerprint density at radius 3 is 2.68 bits per heavy atom. The lowest BCUT2D eigenvalue weighted by atomic mass is 10.2. The fourth-order valence-electron chi connectivity index (χ4n) is 1.77. The van der Waals surface area contributed by atoms with Crippen LogP contribution in [0.2, 0.25) is 0 Å². The van der Waals surface area contributed by atoms with Gasteiger partial charge in [0.05, 0.1) is 0 Å². The van der Waals surface area contributed by atoms with Crippen molar-refractivity contribution in [2.24, 2.45) is 0 Å². The van der Waals surface area contributed by atoms with Crippen molar-refractivity contribution >= 4 is 28.9 Å². The average molecular weight is 304 g/mol. The molecule has 2 rings (SSSR count). The number of carbonyl (C=O) groups excluding carboxylic acids is 3. The number of hydrogen-bond donors (Lipinski definition) is 2. The van der Waals surface area contributed by atoms with Gasteiger partial charge in [0.1, 0.15) is 5.58 Å². The predicted octanol–water partition coefficient (Wildman–Crippen LogP) is 1.82. The SMILES string of the molecule is CCNC(=O)NC(=O)C(C)OC(=O)c1cc2ccccc2o1. The third-order valence-corrected chi connectivity index (χ3v) is 2.85. The molecule has 116 valence electrons. The van der Waals surface area contributed by atoms with E-state index in [0.29, 0.717) is 12.1 Å². The number of imide groups is 1. The van der Waals surface area contributed by atoms with Crippen LogP contribution in [0.4, 0.5) is 4.79 Å². The smallest absolute Gasteiger partial charge is 0.375 e. The molecule has 7 nitrogen and oxygen atoms in total. The van der Waals surface area contributed by atoms with Gasteiger partial charge in [0, 0.05) is 11.9 Å². The number of rotatable bonds is 4. The molecule has 0 fully saturated rings. The van der Waals surface area contributed by atoms with Gasteiger partial charge in [-0.2, -0.15) is 0 Å². The lowest BCUT2D eigenvalue weighted by Gasteiger charge is -2.11.